The second-order valence-electron chi connectivity index (χ2n) is 4.74. The summed E-state index contributed by atoms with van der Waals surface area (Å²) in [5.74, 6) is 0.597. The number of ether oxygens (including phenoxy) is 1. The Morgan fingerprint density at radius 2 is 2.05 bits per heavy atom. The first-order valence-corrected chi connectivity index (χ1v) is 7.16. The van der Waals surface area contributed by atoms with Crippen LogP contribution in [0.3, 0.4) is 0 Å². The molecule has 2 aromatic rings. The van der Waals surface area contributed by atoms with Gasteiger partial charge in [0.2, 0.25) is 0 Å². The Balaban J connectivity index is 1.76. The molecule has 0 unspecified atom stereocenters. The molecular formula is C16H12BrFO2. The number of fused-ring (bicyclic) bond motifs is 1. The molecule has 0 aromatic heterocycles. The number of rotatable bonds is 3. The number of carbonyl (C=O) groups is 1. The van der Waals surface area contributed by atoms with Gasteiger partial charge in [0.1, 0.15) is 18.2 Å². The van der Waals surface area contributed by atoms with E-state index in [1.54, 1.807) is 18.2 Å². The van der Waals surface area contributed by atoms with Gasteiger partial charge in [-0.05, 0) is 52.2 Å². The van der Waals surface area contributed by atoms with E-state index in [9.17, 15) is 9.18 Å². The molecule has 0 aliphatic heterocycles. The maximum atomic E-state index is 13.4. The molecule has 2 aromatic carbocycles. The average molecular weight is 335 g/mol. The highest BCUT2D eigenvalue weighted by atomic mass is 79.9. The lowest BCUT2D eigenvalue weighted by atomic mass is 10.1. The maximum absolute atomic E-state index is 13.4. The number of halogens is 2. The van der Waals surface area contributed by atoms with Gasteiger partial charge in [0, 0.05) is 17.5 Å². The lowest BCUT2D eigenvalue weighted by Gasteiger charge is -2.09. The molecule has 20 heavy (non-hydrogen) atoms. The fourth-order valence-electron chi connectivity index (χ4n) is 2.34. The fourth-order valence-corrected chi connectivity index (χ4v) is 2.72. The van der Waals surface area contributed by atoms with Crippen LogP contribution in [0, 0.1) is 5.82 Å². The zero-order chi connectivity index (χ0) is 14.1. The van der Waals surface area contributed by atoms with Crippen LogP contribution in [0.2, 0.25) is 0 Å². The first-order chi connectivity index (χ1) is 9.65. The van der Waals surface area contributed by atoms with E-state index >= 15 is 0 Å². The van der Waals surface area contributed by atoms with Crippen molar-refractivity contribution in [3.63, 3.8) is 0 Å². The zero-order valence-corrected chi connectivity index (χ0v) is 12.2. The summed E-state index contributed by atoms with van der Waals surface area (Å²) >= 11 is 3.21. The van der Waals surface area contributed by atoms with Crippen LogP contribution in [0.4, 0.5) is 4.39 Å². The van der Waals surface area contributed by atoms with Crippen LogP contribution in [0.25, 0.3) is 0 Å². The first kappa shape index (κ1) is 13.3. The minimum absolute atomic E-state index is 0.194. The summed E-state index contributed by atoms with van der Waals surface area (Å²) < 4.78 is 19.5. The summed E-state index contributed by atoms with van der Waals surface area (Å²) in [6, 6.07) is 10.3. The molecule has 0 spiro atoms. The van der Waals surface area contributed by atoms with E-state index in [2.05, 4.69) is 15.9 Å². The van der Waals surface area contributed by atoms with Crippen LogP contribution in [0.5, 0.6) is 5.75 Å². The van der Waals surface area contributed by atoms with Gasteiger partial charge >= 0.3 is 0 Å². The van der Waals surface area contributed by atoms with Crippen molar-refractivity contribution < 1.29 is 13.9 Å². The standard InChI is InChI=1S/C16H12BrFO2/c17-16-11(2-1-3-14(16)18)9-20-12-5-6-13-10(8-12)4-7-15(13)19/h1-3,5-6,8H,4,7,9H2. The molecule has 4 heteroatoms. The van der Waals surface area contributed by atoms with Crippen LogP contribution in [0.15, 0.2) is 40.9 Å². The number of Topliss-reactive ketones (excluding diaryl/α,β-unsaturated/α-hetero) is 1. The van der Waals surface area contributed by atoms with Crippen molar-refractivity contribution in [2.24, 2.45) is 0 Å². The normalized spacial score (nSPS) is 13.4. The molecule has 0 amide bonds. The van der Waals surface area contributed by atoms with Gasteiger partial charge in [0.05, 0.1) is 4.47 Å². The number of ketones is 1. The zero-order valence-electron chi connectivity index (χ0n) is 10.7. The van der Waals surface area contributed by atoms with E-state index in [4.69, 9.17) is 4.74 Å². The van der Waals surface area contributed by atoms with E-state index in [0.29, 0.717) is 16.6 Å². The number of carbonyl (C=O) groups excluding carboxylic acids is 1. The molecular weight excluding hydrogens is 323 g/mol. The van der Waals surface area contributed by atoms with Gasteiger partial charge in [-0.2, -0.15) is 0 Å². The summed E-state index contributed by atoms with van der Waals surface area (Å²) in [4.78, 5) is 11.5. The highest BCUT2D eigenvalue weighted by Gasteiger charge is 2.19. The van der Waals surface area contributed by atoms with Gasteiger partial charge in [-0.1, -0.05) is 12.1 Å². The molecule has 3 rings (SSSR count). The third-order valence-electron chi connectivity index (χ3n) is 3.42. The maximum Gasteiger partial charge on any atom is 0.163 e. The van der Waals surface area contributed by atoms with E-state index in [1.807, 2.05) is 12.1 Å². The van der Waals surface area contributed by atoms with Gasteiger partial charge in [-0.3, -0.25) is 4.79 Å². The molecule has 0 heterocycles. The Bertz CT molecular complexity index is 682. The average Bonchev–Trinajstić information content (AvgIpc) is 2.82. The number of hydrogen-bond acceptors (Lipinski definition) is 2. The largest absolute Gasteiger partial charge is 0.489 e. The summed E-state index contributed by atoms with van der Waals surface area (Å²) in [6.45, 7) is 0.283. The van der Waals surface area contributed by atoms with Crippen molar-refractivity contribution >= 4 is 21.7 Å². The molecule has 0 saturated heterocycles. The van der Waals surface area contributed by atoms with Crippen molar-refractivity contribution in [1.82, 2.24) is 0 Å². The van der Waals surface area contributed by atoms with E-state index in [-0.39, 0.29) is 18.2 Å². The van der Waals surface area contributed by atoms with E-state index < -0.39 is 0 Å². The molecule has 0 saturated carbocycles. The molecule has 2 nitrogen and oxygen atoms in total. The minimum atomic E-state index is -0.300. The smallest absolute Gasteiger partial charge is 0.163 e. The van der Waals surface area contributed by atoms with Gasteiger partial charge < -0.3 is 4.74 Å². The highest BCUT2D eigenvalue weighted by molar-refractivity contribution is 9.10. The van der Waals surface area contributed by atoms with Crippen molar-refractivity contribution in [1.29, 1.82) is 0 Å². The second kappa shape index (κ2) is 5.37. The highest BCUT2D eigenvalue weighted by Crippen LogP contribution is 2.27. The monoisotopic (exact) mass is 334 g/mol. The topological polar surface area (TPSA) is 26.3 Å². The Morgan fingerprint density at radius 1 is 1.20 bits per heavy atom. The quantitative estimate of drug-likeness (QED) is 0.836. The van der Waals surface area contributed by atoms with Crippen LogP contribution >= 0.6 is 15.9 Å². The molecule has 0 atom stereocenters. The van der Waals surface area contributed by atoms with Crippen LogP contribution < -0.4 is 4.74 Å². The third kappa shape index (κ3) is 2.48. The van der Waals surface area contributed by atoms with Crippen LogP contribution in [-0.4, -0.2) is 5.78 Å². The minimum Gasteiger partial charge on any atom is -0.489 e. The summed E-state index contributed by atoms with van der Waals surface area (Å²) in [5.41, 5.74) is 2.58. The van der Waals surface area contributed by atoms with Gasteiger partial charge in [0.25, 0.3) is 0 Å². The molecule has 1 aliphatic rings. The molecule has 0 fully saturated rings. The number of benzene rings is 2. The lowest BCUT2D eigenvalue weighted by molar-refractivity contribution is 0.0994. The predicted molar refractivity (Wildman–Crippen MR) is 77.5 cm³/mol. The van der Waals surface area contributed by atoms with Crippen molar-refractivity contribution in [2.75, 3.05) is 0 Å². The second-order valence-corrected chi connectivity index (χ2v) is 5.54. The first-order valence-electron chi connectivity index (χ1n) is 6.37. The third-order valence-corrected chi connectivity index (χ3v) is 4.31. The van der Waals surface area contributed by atoms with Crippen molar-refractivity contribution in [3.8, 4) is 5.75 Å². The molecule has 102 valence electrons. The molecule has 0 bridgehead atoms. The van der Waals surface area contributed by atoms with E-state index in [1.165, 1.54) is 6.07 Å². The summed E-state index contributed by atoms with van der Waals surface area (Å²) in [7, 11) is 0. The van der Waals surface area contributed by atoms with Crippen LogP contribution in [0.1, 0.15) is 27.9 Å². The molecule has 0 radical (unpaired) electrons. The Labute approximate surface area is 124 Å². The fraction of sp³-hybridized carbons (Fsp3) is 0.188. The SMILES string of the molecule is O=C1CCc2cc(OCc3cccc(F)c3Br)ccc21. The van der Waals surface area contributed by atoms with Crippen molar-refractivity contribution in [3.05, 3.63) is 63.4 Å². The van der Waals surface area contributed by atoms with Gasteiger partial charge in [0.15, 0.2) is 5.78 Å². The van der Waals surface area contributed by atoms with Crippen molar-refractivity contribution in [2.45, 2.75) is 19.4 Å². The van der Waals surface area contributed by atoms with Gasteiger partial charge in [-0.25, -0.2) is 4.39 Å². The molecule has 1 aliphatic carbocycles. The lowest BCUT2D eigenvalue weighted by Crippen LogP contribution is -1.99. The predicted octanol–water partition coefficient (Wildman–Crippen LogP) is 4.30. The number of hydrogen-bond donors (Lipinski definition) is 0. The summed E-state index contributed by atoms with van der Waals surface area (Å²) in [5, 5.41) is 0. The summed E-state index contributed by atoms with van der Waals surface area (Å²) in [6.07, 6.45) is 1.35. The van der Waals surface area contributed by atoms with E-state index in [0.717, 1.165) is 23.1 Å². The Hall–Kier alpha value is -1.68. The van der Waals surface area contributed by atoms with Gasteiger partial charge in [-0.15, -0.1) is 0 Å². The number of aryl methyl sites for hydroxylation is 1. The van der Waals surface area contributed by atoms with Crippen LogP contribution in [-0.2, 0) is 13.0 Å². The Morgan fingerprint density at radius 3 is 2.90 bits per heavy atom. The Kier molecular flexibility index (Phi) is 3.57. The molecule has 0 N–H and O–H groups in total.